The van der Waals surface area contributed by atoms with Gasteiger partial charge in [0.05, 0.1) is 0 Å². The minimum atomic E-state index is -0.0452. The number of thiophene rings is 1. The lowest BCUT2D eigenvalue weighted by atomic mass is 10.2. The summed E-state index contributed by atoms with van der Waals surface area (Å²) in [6, 6.07) is 4.10. The van der Waals surface area contributed by atoms with Crippen LogP contribution in [0.25, 0.3) is 0 Å². The Hall–Kier alpha value is -1.11. The lowest BCUT2D eigenvalue weighted by Gasteiger charge is -2.32. The Labute approximate surface area is 137 Å². The zero-order chi connectivity index (χ0) is 15.6. The molecule has 124 valence electrons. The Kier molecular flexibility index (Phi) is 7.70. The highest BCUT2D eigenvalue weighted by Crippen LogP contribution is 2.07. The van der Waals surface area contributed by atoms with Crippen LogP contribution in [-0.4, -0.2) is 68.7 Å². The van der Waals surface area contributed by atoms with Gasteiger partial charge in [-0.05, 0) is 44.3 Å². The van der Waals surface area contributed by atoms with Gasteiger partial charge in [-0.25, -0.2) is 4.79 Å². The van der Waals surface area contributed by atoms with Gasteiger partial charge >= 0.3 is 6.03 Å². The maximum atomic E-state index is 11.6. The summed E-state index contributed by atoms with van der Waals surface area (Å²) >= 11 is 1.73. The molecule has 1 aliphatic rings. The Balaban J connectivity index is 1.42. The molecule has 2 rings (SSSR count). The van der Waals surface area contributed by atoms with Crippen molar-refractivity contribution < 1.29 is 4.79 Å². The summed E-state index contributed by atoms with van der Waals surface area (Å²) in [6.45, 7) is 7.30. The molecule has 0 radical (unpaired) electrons. The molecule has 6 heteroatoms. The molecule has 1 aliphatic heterocycles. The van der Waals surface area contributed by atoms with Crippen molar-refractivity contribution in [3.63, 3.8) is 0 Å². The Morgan fingerprint density at radius 3 is 2.68 bits per heavy atom. The lowest BCUT2D eigenvalue weighted by Crippen LogP contribution is -2.44. The third kappa shape index (κ3) is 6.77. The highest BCUT2D eigenvalue weighted by Gasteiger charge is 2.12. The molecule has 0 saturated carbocycles. The van der Waals surface area contributed by atoms with Gasteiger partial charge in [-0.3, -0.25) is 0 Å². The van der Waals surface area contributed by atoms with E-state index >= 15 is 0 Å². The average Bonchev–Trinajstić information content (AvgIpc) is 3.02. The molecule has 0 unspecified atom stereocenters. The summed E-state index contributed by atoms with van der Waals surface area (Å²) in [5.74, 6) is 0. The van der Waals surface area contributed by atoms with Crippen LogP contribution in [0.1, 0.15) is 17.7 Å². The SMILES string of the molecule is CN1CCN(CCCCNC(=O)NCCc2cccs2)CC1. The number of urea groups is 1. The van der Waals surface area contributed by atoms with E-state index in [1.54, 1.807) is 11.3 Å². The van der Waals surface area contributed by atoms with Gasteiger partial charge in [0.2, 0.25) is 0 Å². The van der Waals surface area contributed by atoms with Crippen molar-refractivity contribution >= 4 is 17.4 Å². The molecule has 1 saturated heterocycles. The summed E-state index contributed by atoms with van der Waals surface area (Å²) in [4.78, 5) is 17.8. The molecule has 0 bridgehead atoms. The maximum Gasteiger partial charge on any atom is 0.314 e. The van der Waals surface area contributed by atoms with Crippen molar-refractivity contribution in [2.45, 2.75) is 19.3 Å². The lowest BCUT2D eigenvalue weighted by molar-refractivity contribution is 0.152. The van der Waals surface area contributed by atoms with Gasteiger partial charge in [0.1, 0.15) is 0 Å². The smallest absolute Gasteiger partial charge is 0.314 e. The van der Waals surface area contributed by atoms with Gasteiger partial charge in [-0.15, -0.1) is 11.3 Å². The first-order valence-electron chi connectivity index (χ1n) is 8.19. The van der Waals surface area contributed by atoms with Crippen LogP contribution in [0.15, 0.2) is 17.5 Å². The van der Waals surface area contributed by atoms with E-state index in [0.717, 1.165) is 32.4 Å². The number of hydrogen-bond donors (Lipinski definition) is 2. The Morgan fingerprint density at radius 2 is 1.95 bits per heavy atom. The Bertz CT molecular complexity index is 416. The number of carbonyl (C=O) groups excluding carboxylic acids is 1. The fraction of sp³-hybridized carbons (Fsp3) is 0.688. The molecule has 0 aliphatic carbocycles. The van der Waals surface area contributed by atoms with Crippen LogP contribution in [0.2, 0.25) is 0 Å². The second-order valence-electron chi connectivity index (χ2n) is 5.86. The van der Waals surface area contributed by atoms with E-state index in [4.69, 9.17) is 0 Å². The van der Waals surface area contributed by atoms with E-state index in [1.807, 2.05) is 6.07 Å². The minimum Gasteiger partial charge on any atom is -0.338 e. The number of rotatable bonds is 8. The fourth-order valence-corrected chi connectivity index (χ4v) is 3.26. The largest absolute Gasteiger partial charge is 0.338 e. The summed E-state index contributed by atoms with van der Waals surface area (Å²) in [5.41, 5.74) is 0. The molecule has 22 heavy (non-hydrogen) atoms. The van der Waals surface area contributed by atoms with Crippen LogP contribution < -0.4 is 10.6 Å². The molecule has 0 aromatic carbocycles. The predicted octanol–water partition coefficient (Wildman–Crippen LogP) is 1.62. The maximum absolute atomic E-state index is 11.6. The molecule has 1 fully saturated rings. The van der Waals surface area contributed by atoms with E-state index < -0.39 is 0 Å². The third-order valence-corrected chi connectivity index (χ3v) is 4.96. The van der Waals surface area contributed by atoms with Crippen molar-refractivity contribution in [3.05, 3.63) is 22.4 Å². The first-order valence-corrected chi connectivity index (χ1v) is 9.07. The van der Waals surface area contributed by atoms with Crippen molar-refractivity contribution in [2.24, 2.45) is 0 Å². The minimum absolute atomic E-state index is 0.0452. The van der Waals surface area contributed by atoms with Gasteiger partial charge in [0.15, 0.2) is 0 Å². The van der Waals surface area contributed by atoms with Crippen molar-refractivity contribution in [2.75, 3.05) is 52.9 Å². The third-order valence-electron chi connectivity index (χ3n) is 4.02. The number of nitrogens with one attached hydrogen (secondary N) is 2. The van der Waals surface area contributed by atoms with Gasteiger partial charge in [-0.1, -0.05) is 6.07 Å². The molecular weight excluding hydrogens is 296 g/mol. The van der Waals surface area contributed by atoms with Gasteiger partial charge in [0, 0.05) is 44.1 Å². The first kappa shape index (κ1) is 17.2. The van der Waals surface area contributed by atoms with E-state index in [-0.39, 0.29) is 6.03 Å². The van der Waals surface area contributed by atoms with E-state index in [2.05, 4.69) is 38.9 Å². The molecule has 2 N–H and O–H groups in total. The number of piperazine rings is 1. The quantitative estimate of drug-likeness (QED) is 0.715. The normalized spacial score (nSPS) is 16.6. The second kappa shape index (κ2) is 9.82. The van der Waals surface area contributed by atoms with Crippen LogP contribution in [0.4, 0.5) is 4.79 Å². The van der Waals surface area contributed by atoms with Crippen LogP contribution >= 0.6 is 11.3 Å². The van der Waals surface area contributed by atoms with Crippen LogP contribution in [-0.2, 0) is 6.42 Å². The van der Waals surface area contributed by atoms with Crippen LogP contribution in [0.5, 0.6) is 0 Å². The van der Waals surface area contributed by atoms with Crippen molar-refractivity contribution in [1.29, 1.82) is 0 Å². The first-order chi connectivity index (χ1) is 10.7. The predicted molar refractivity (Wildman–Crippen MR) is 92.6 cm³/mol. The number of nitrogens with zero attached hydrogens (tertiary/aromatic N) is 2. The summed E-state index contributed by atoms with van der Waals surface area (Å²) in [5, 5.41) is 7.91. The summed E-state index contributed by atoms with van der Waals surface area (Å²) in [7, 11) is 2.18. The molecule has 5 nitrogen and oxygen atoms in total. The number of unbranched alkanes of at least 4 members (excludes halogenated alkanes) is 1. The van der Waals surface area contributed by atoms with Gasteiger partial charge in [-0.2, -0.15) is 0 Å². The topological polar surface area (TPSA) is 47.6 Å². The van der Waals surface area contributed by atoms with Crippen molar-refractivity contribution in [3.8, 4) is 0 Å². The molecule has 2 heterocycles. The van der Waals surface area contributed by atoms with Crippen LogP contribution in [0, 0.1) is 0 Å². The van der Waals surface area contributed by atoms with E-state index in [1.165, 1.54) is 31.1 Å². The zero-order valence-corrected chi connectivity index (χ0v) is 14.3. The molecular formula is C16H28N4OS. The van der Waals surface area contributed by atoms with Crippen molar-refractivity contribution in [1.82, 2.24) is 20.4 Å². The van der Waals surface area contributed by atoms with Gasteiger partial charge < -0.3 is 20.4 Å². The zero-order valence-electron chi connectivity index (χ0n) is 13.5. The standard InChI is InChI=1S/C16H28N4OS/c1-19-10-12-20(13-11-19)9-3-2-7-17-16(21)18-8-6-15-5-4-14-22-15/h4-5,14H,2-3,6-13H2,1H3,(H2,17,18,21). The molecule has 0 atom stereocenters. The number of likely N-dealkylation sites (N-methyl/N-ethyl adjacent to an activating group) is 1. The summed E-state index contributed by atoms with van der Waals surface area (Å²) in [6.07, 6.45) is 3.11. The monoisotopic (exact) mass is 324 g/mol. The van der Waals surface area contributed by atoms with Crippen LogP contribution in [0.3, 0.4) is 0 Å². The van der Waals surface area contributed by atoms with E-state index in [9.17, 15) is 4.79 Å². The number of hydrogen-bond acceptors (Lipinski definition) is 4. The number of amides is 2. The second-order valence-corrected chi connectivity index (χ2v) is 6.90. The van der Waals surface area contributed by atoms with E-state index in [0.29, 0.717) is 6.54 Å². The Morgan fingerprint density at radius 1 is 1.18 bits per heavy atom. The molecule has 1 aromatic heterocycles. The highest BCUT2D eigenvalue weighted by atomic mass is 32.1. The highest BCUT2D eigenvalue weighted by molar-refractivity contribution is 7.09. The van der Waals surface area contributed by atoms with Gasteiger partial charge in [0.25, 0.3) is 0 Å². The molecule has 1 aromatic rings. The number of carbonyl (C=O) groups is 1. The average molecular weight is 324 g/mol. The molecule has 0 spiro atoms. The molecule has 2 amide bonds. The summed E-state index contributed by atoms with van der Waals surface area (Å²) < 4.78 is 0. The fourth-order valence-electron chi connectivity index (χ4n) is 2.55.